The van der Waals surface area contributed by atoms with Gasteiger partial charge in [-0.3, -0.25) is 0 Å². The molecule has 0 aliphatic carbocycles. The van der Waals surface area contributed by atoms with E-state index in [2.05, 4.69) is 10.6 Å². The Balaban J connectivity index is 1.97. The van der Waals surface area contributed by atoms with Crippen molar-refractivity contribution >= 4 is 23.1 Å². The minimum atomic E-state index is -0.354. The van der Waals surface area contributed by atoms with Crippen molar-refractivity contribution < 1.29 is 9.90 Å². The Kier molecular flexibility index (Phi) is 4.10. The normalized spacial score (nSPS) is 9.90. The molecule has 20 heavy (non-hydrogen) atoms. The van der Waals surface area contributed by atoms with Crippen LogP contribution in [0.4, 0.5) is 21.9 Å². The number of anilines is 3. The van der Waals surface area contributed by atoms with E-state index in [1.54, 1.807) is 18.2 Å². The van der Waals surface area contributed by atoms with Crippen LogP contribution in [0.5, 0.6) is 5.75 Å². The molecule has 0 aliphatic rings. The van der Waals surface area contributed by atoms with Crippen molar-refractivity contribution in [1.29, 1.82) is 0 Å². The molecule has 0 atom stereocenters. The molecule has 0 heterocycles. The first-order chi connectivity index (χ1) is 9.54. The van der Waals surface area contributed by atoms with E-state index in [-0.39, 0.29) is 11.8 Å². The lowest BCUT2D eigenvalue weighted by atomic mass is 10.2. The van der Waals surface area contributed by atoms with Crippen molar-refractivity contribution in [3.8, 4) is 5.75 Å². The minimum Gasteiger partial charge on any atom is -0.508 e. The van der Waals surface area contributed by atoms with Gasteiger partial charge in [0.25, 0.3) is 0 Å². The van der Waals surface area contributed by atoms with E-state index in [9.17, 15) is 9.90 Å². The van der Waals surface area contributed by atoms with E-state index >= 15 is 0 Å². The van der Waals surface area contributed by atoms with Crippen molar-refractivity contribution in [2.75, 3.05) is 29.6 Å². The first-order valence-electron chi connectivity index (χ1n) is 6.19. The predicted octanol–water partition coefficient (Wildman–Crippen LogP) is 3.10. The van der Waals surface area contributed by atoms with Crippen molar-refractivity contribution in [3.63, 3.8) is 0 Å². The van der Waals surface area contributed by atoms with Gasteiger partial charge in [-0.05, 0) is 36.4 Å². The summed E-state index contributed by atoms with van der Waals surface area (Å²) in [5, 5.41) is 14.7. The summed E-state index contributed by atoms with van der Waals surface area (Å²) in [7, 11) is 3.91. The molecular formula is C15H17N3O2. The Hall–Kier alpha value is -2.69. The van der Waals surface area contributed by atoms with Gasteiger partial charge in [-0.1, -0.05) is 6.07 Å². The highest BCUT2D eigenvalue weighted by Crippen LogP contribution is 2.17. The number of nitrogens with zero attached hydrogens (tertiary/aromatic N) is 1. The molecular weight excluding hydrogens is 254 g/mol. The van der Waals surface area contributed by atoms with Crippen LogP contribution in [0.2, 0.25) is 0 Å². The summed E-state index contributed by atoms with van der Waals surface area (Å²) in [6.45, 7) is 0. The molecule has 0 unspecified atom stereocenters. The largest absolute Gasteiger partial charge is 0.508 e. The fourth-order valence-electron chi connectivity index (χ4n) is 1.72. The molecule has 5 nitrogen and oxygen atoms in total. The smallest absolute Gasteiger partial charge is 0.323 e. The Morgan fingerprint density at radius 1 is 1.00 bits per heavy atom. The van der Waals surface area contributed by atoms with Gasteiger partial charge in [-0.2, -0.15) is 0 Å². The molecule has 0 aliphatic heterocycles. The predicted molar refractivity (Wildman–Crippen MR) is 81.5 cm³/mol. The standard InChI is InChI=1S/C15H17N3O2/c1-18(2)13-8-6-11(7-9-13)16-15(20)17-12-4-3-5-14(19)10-12/h3-10,19H,1-2H3,(H2,16,17,20). The Bertz CT molecular complexity index is 594. The van der Waals surface area contributed by atoms with Crippen LogP contribution in [-0.2, 0) is 0 Å². The third-order valence-electron chi connectivity index (χ3n) is 2.75. The number of carbonyl (C=O) groups is 1. The fraction of sp³-hybridized carbons (Fsp3) is 0.133. The van der Waals surface area contributed by atoms with E-state index in [0.29, 0.717) is 11.4 Å². The monoisotopic (exact) mass is 271 g/mol. The van der Waals surface area contributed by atoms with E-state index in [4.69, 9.17) is 0 Å². The molecule has 0 saturated heterocycles. The molecule has 0 spiro atoms. The minimum absolute atomic E-state index is 0.109. The molecule has 0 saturated carbocycles. The number of hydrogen-bond donors (Lipinski definition) is 3. The first kappa shape index (κ1) is 13.7. The zero-order valence-electron chi connectivity index (χ0n) is 11.4. The maximum absolute atomic E-state index is 11.8. The number of phenolic OH excluding ortho intramolecular Hbond substituents is 1. The maximum Gasteiger partial charge on any atom is 0.323 e. The summed E-state index contributed by atoms with van der Waals surface area (Å²) >= 11 is 0. The van der Waals surface area contributed by atoms with Gasteiger partial charge in [-0.25, -0.2) is 4.79 Å². The second-order valence-electron chi connectivity index (χ2n) is 4.57. The van der Waals surface area contributed by atoms with Crippen molar-refractivity contribution in [2.45, 2.75) is 0 Å². The molecule has 0 aromatic heterocycles. The summed E-state index contributed by atoms with van der Waals surface area (Å²) in [5.74, 6) is 0.109. The number of benzene rings is 2. The third-order valence-corrected chi connectivity index (χ3v) is 2.75. The van der Waals surface area contributed by atoms with Crippen LogP contribution in [-0.4, -0.2) is 25.2 Å². The molecule has 2 aromatic carbocycles. The van der Waals surface area contributed by atoms with E-state index < -0.39 is 0 Å². The molecule has 3 N–H and O–H groups in total. The maximum atomic E-state index is 11.8. The molecule has 2 amide bonds. The van der Waals surface area contributed by atoms with Gasteiger partial charge in [0.1, 0.15) is 5.75 Å². The quantitative estimate of drug-likeness (QED) is 0.803. The van der Waals surface area contributed by atoms with E-state index in [1.807, 2.05) is 43.3 Å². The number of nitrogens with one attached hydrogen (secondary N) is 2. The van der Waals surface area contributed by atoms with Crippen LogP contribution in [0.1, 0.15) is 0 Å². The average molecular weight is 271 g/mol. The fourth-order valence-corrected chi connectivity index (χ4v) is 1.72. The van der Waals surface area contributed by atoms with Gasteiger partial charge in [-0.15, -0.1) is 0 Å². The van der Waals surface area contributed by atoms with Crippen LogP contribution in [0, 0.1) is 0 Å². The molecule has 5 heteroatoms. The summed E-state index contributed by atoms with van der Waals surface area (Å²) in [5.41, 5.74) is 2.30. The molecule has 0 radical (unpaired) electrons. The van der Waals surface area contributed by atoms with Crippen LogP contribution in [0.25, 0.3) is 0 Å². The van der Waals surface area contributed by atoms with Crippen molar-refractivity contribution in [2.24, 2.45) is 0 Å². The number of carbonyl (C=O) groups excluding carboxylic acids is 1. The average Bonchev–Trinajstić information content (AvgIpc) is 2.39. The second kappa shape index (κ2) is 5.97. The first-order valence-corrected chi connectivity index (χ1v) is 6.19. The lowest BCUT2D eigenvalue weighted by Gasteiger charge is -2.13. The van der Waals surface area contributed by atoms with Gasteiger partial charge in [0.05, 0.1) is 0 Å². The molecule has 104 valence electrons. The van der Waals surface area contributed by atoms with Gasteiger partial charge in [0.15, 0.2) is 0 Å². The van der Waals surface area contributed by atoms with Crippen LogP contribution in [0.15, 0.2) is 48.5 Å². The van der Waals surface area contributed by atoms with Crippen LogP contribution < -0.4 is 15.5 Å². The zero-order valence-corrected chi connectivity index (χ0v) is 11.4. The lowest BCUT2D eigenvalue weighted by molar-refractivity contribution is 0.262. The van der Waals surface area contributed by atoms with Gasteiger partial charge < -0.3 is 20.6 Å². The number of aromatic hydroxyl groups is 1. The Labute approximate surface area is 117 Å². The number of amides is 2. The number of hydrogen-bond acceptors (Lipinski definition) is 3. The molecule has 2 rings (SSSR count). The molecule has 2 aromatic rings. The van der Waals surface area contributed by atoms with E-state index in [1.165, 1.54) is 6.07 Å². The number of rotatable bonds is 3. The summed E-state index contributed by atoms with van der Waals surface area (Å²) in [6, 6.07) is 13.5. The highest BCUT2D eigenvalue weighted by atomic mass is 16.3. The van der Waals surface area contributed by atoms with Gasteiger partial charge in [0, 0.05) is 37.2 Å². The van der Waals surface area contributed by atoms with Gasteiger partial charge >= 0.3 is 6.03 Å². The zero-order chi connectivity index (χ0) is 14.5. The van der Waals surface area contributed by atoms with Crippen LogP contribution >= 0.6 is 0 Å². The Morgan fingerprint density at radius 2 is 1.65 bits per heavy atom. The SMILES string of the molecule is CN(C)c1ccc(NC(=O)Nc2cccc(O)c2)cc1. The Morgan fingerprint density at radius 3 is 2.25 bits per heavy atom. The highest BCUT2D eigenvalue weighted by Gasteiger charge is 2.03. The topological polar surface area (TPSA) is 64.6 Å². The number of urea groups is 1. The molecule has 0 fully saturated rings. The van der Waals surface area contributed by atoms with Crippen molar-refractivity contribution in [1.82, 2.24) is 0 Å². The summed E-state index contributed by atoms with van der Waals surface area (Å²) in [4.78, 5) is 13.8. The van der Waals surface area contributed by atoms with Gasteiger partial charge in [0.2, 0.25) is 0 Å². The highest BCUT2D eigenvalue weighted by molar-refractivity contribution is 5.99. The second-order valence-corrected chi connectivity index (χ2v) is 4.57. The third kappa shape index (κ3) is 3.65. The van der Waals surface area contributed by atoms with E-state index in [0.717, 1.165) is 5.69 Å². The number of phenols is 1. The summed E-state index contributed by atoms with van der Waals surface area (Å²) in [6.07, 6.45) is 0. The lowest BCUT2D eigenvalue weighted by Crippen LogP contribution is -2.19. The van der Waals surface area contributed by atoms with Crippen molar-refractivity contribution in [3.05, 3.63) is 48.5 Å². The summed E-state index contributed by atoms with van der Waals surface area (Å²) < 4.78 is 0. The molecule has 0 bridgehead atoms. The van der Waals surface area contributed by atoms with Crippen LogP contribution in [0.3, 0.4) is 0 Å².